The van der Waals surface area contributed by atoms with Crippen molar-refractivity contribution in [1.29, 1.82) is 0 Å². The Kier molecular flexibility index (Phi) is 6.62. The molecule has 1 aromatic carbocycles. The van der Waals surface area contributed by atoms with Gasteiger partial charge in [0.25, 0.3) is 0 Å². The van der Waals surface area contributed by atoms with Crippen LogP contribution in [0.5, 0.6) is 0 Å². The Morgan fingerprint density at radius 3 is 2.62 bits per heavy atom. The maximum Gasteiger partial charge on any atom is 0.244 e. The molecule has 1 aromatic rings. The minimum absolute atomic E-state index is 0.0639. The van der Waals surface area contributed by atoms with Gasteiger partial charge in [0, 0.05) is 13.1 Å². The van der Waals surface area contributed by atoms with E-state index in [4.69, 9.17) is 18.0 Å². The second kappa shape index (κ2) is 7.76. The minimum atomic E-state index is -3.84. The third-order valence-corrected chi connectivity index (χ3v) is 5.22. The van der Waals surface area contributed by atoms with Gasteiger partial charge in [-0.1, -0.05) is 31.4 Å². The zero-order valence-corrected chi connectivity index (χ0v) is 13.6. The van der Waals surface area contributed by atoms with Crippen LogP contribution in [0.25, 0.3) is 0 Å². The summed E-state index contributed by atoms with van der Waals surface area (Å²) in [6.45, 7) is 4.65. The molecule has 1 rings (SSSR count). The Balaban J connectivity index is 3.30. The first-order valence-corrected chi connectivity index (χ1v) is 8.32. The van der Waals surface area contributed by atoms with Crippen molar-refractivity contribution >= 4 is 21.6 Å². The molecule has 0 atom stereocenters. The topological polar surface area (TPSA) is 49.4 Å². The van der Waals surface area contributed by atoms with Gasteiger partial charge < -0.3 is 5.32 Å². The summed E-state index contributed by atoms with van der Waals surface area (Å²) in [5.41, 5.74) is 0.397. The van der Waals surface area contributed by atoms with Crippen LogP contribution in [-0.2, 0) is 16.6 Å². The van der Waals surface area contributed by atoms with Gasteiger partial charge in [-0.2, -0.15) is 4.31 Å². The molecule has 0 aliphatic heterocycles. The van der Waals surface area contributed by atoms with Crippen molar-refractivity contribution in [2.75, 3.05) is 19.6 Å². The van der Waals surface area contributed by atoms with E-state index in [0.717, 1.165) is 10.4 Å². The first-order valence-electron chi connectivity index (χ1n) is 6.50. The largest absolute Gasteiger partial charge is 0.313 e. The first-order chi connectivity index (χ1) is 9.88. The van der Waals surface area contributed by atoms with Gasteiger partial charge in [-0.25, -0.2) is 12.8 Å². The van der Waals surface area contributed by atoms with Crippen LogP contribution in [0.2, 0.25) is 5.02 Å². The van der Waals surface area contributed by atoms with Gasteiger partial charge >= 0.3 is 0 Å². The summed E-state index contributed by atoms with van der Waals surface area (Å²) in [4.78, 5) is -0.144. The molecule has 0 aliphatic rings. The molecular formula is C14H18ClFN2O2S. The van der Waals surface area contributed by atoms with Crippen LogP contribution < -0.4 is 5.32 Å². The van der Waals surface area contributed by atoms with Gasteiger partial charge in [-0.15, -0.1) is 6.42 Å². The van der Waals surface area contributed by atoms with E-state index in [0.29, 0.717) is 12.1 Å². The zero-order chi connectivity index (χ0) is 16.0. The molecule has 1 N–H and O–H groups in total. The predicted octanol–water partition coefficient (Wildman–Crippen LogP) is 2.23. The van der Waals surface area contributed by atoms with E-state index < -0.39 is 15.8 Å². The van der Waals surface area contributed by atoms with Crippen LogP contribution in [-0.4, -0.2) is 32.4 Å². The maximum absolute atomic E-state index is 13.9. The third-order valence-electron chi connectivity index (χ3n) is 2.90. The number of rotatable bonds is 7. The van der Waals surface area contributed by atoms with Crippen molar-refractivity contribution < 1.29 is 12.8 Å². The van der Waals surface area contributed by atoms with E-state index in [1.165, 1.54) is 6.07 Å². The van der Waals surface area contributed by atoms with Crippen LogP contribution >= 0.6 is 11.6 Å². The van der Waals surface area contributed by atoms with Crippen LogP contribution in [0.3, 0.4) is 0 Å². The Hall–Kier alpha value is -1.13. The van der Waals surface area contributed by atoms with E-state index >= 15 is 0 Å². The molecule has 21 heavy (non-hydrogen) atoms. The number of sulfonamides is 1. The Morgan fingerprint density at radius 2 is 2.10 bits per heavy atom. The standard InChI is InChI=1S/C14H18ClFN2O2S/c1-4-7-18(6-3)21(19,20)12-8-11(10-17-5-2)14(15)13(16)9-12/h1,8-9,17H,5-7,10H2,2-3H3. The van der Waals surface area contributed by atoms with Crippen molar-refractivity contribution in [2.45, 2.75) is 25.3 Å². The summed E-state index contributed by atoms with van der Waals surface area (Å²) in [6, 6.07) is 2.30. The van der Waals surface area contributed by atoms with Crippen molar-refractivity contribution in [3.05, 3.63) is 28.5 Å². The molecule has 0 heterocycles. The Bertz CT molecular complexity index is 641. The average molecular weight is 333 g/mol. The number of halogens is 2. The highest BCUT2D eigenvalue weighted by molar-refractivity contribution is 7.89. The van der Waals surface area contributed by atoms with E-state index in [2.05, 4.69) is 11.2 Å². The fourth-order valence-electron chi connectivity index (χ4n) is 1.77. The van der Waals surface area contributed by atoms with Gasteiger partial charge in [0.05, 0.1) is 16.5 Å². The Labute approximate surface area is 130 Å². The SMILES string of the molecule is C#CCN(CC)S(=O)(=O)c1cc(F)c(Cl)c(CNCC)c1. The summed E-state index contributed by atoms with van der Waals surface area (Å²) in [6.07, 6.45) is 5.17. The van der Waals surface area contributed by atoms with E-state index in [9.17, 15) is 12.8 Å². The van der Waals surface area contributed by atoms with Gasteiger partial charge in [-0.05, 0) is 24.2 Å². The maximum atomic E-state index is 13.9. The minimum Gasteiger partial charge on any atom is -0.313 e. The molecule has 0 radical (unpaired) electrons. The zero-order valence-electron chi connectivity index (χ0n) is 12.0. The lowest BCUT2D eigenvalue weighted by molar-refractivity contribution is 0.463. The van der Waals surface area contributed by atoms with Gasteiger partial charge in [0.15, 0.2) is 0 Å². The predicted molar refractivity (Wildman–Crippen MR) is 82.1 cm³/mol. The van der Waals surface area contributed by atoms with Crippen LogP contribution in [0, 0.1) is 18.2 Å². The monoisotopic (exact) mass is 332 g/mol. The molecule has 116 valence electrons. The number of benzene rings is 1. The molecule has 4 nitrogen and oxygen atoms in total. The highest BCUT2D eigenvalue weighted by Crippen LogP contribution is 2.26. The lowest BCUT2D eigenvalue weighted by atomic mass is 10.2. The molecule has 7 heteroatoms. The highest BCUT2D eigenvalue weighted by Gasteiger charge is 2.24. The molecule has 0 aromatic heterocycles. The van der Waals surface area contributed by atoms with E-state index in [-0.39, 0.29) is 29.6 Å². The number of terminal acetylenes is 1. The van der Waals surface area contributed by atoms with E-state index in [1.807, 2.05) is 6.92 Å². The number of hydrogen-bond acceptors (Lipinski definition) is 3. The van der Waals surface area contributed by atoms with Gasteiger partial charge in [-0.3, -0.25) is 0 Å². The lowest BCUT2D eigenvalue weighted by Crippen LogP contribution is -2.31. The quantitative estimate of drug-likeness (QED) is 0.779. The molecule has 0 fully saturated rings. The summed E-state index contributed by atoms with van der Waals surface area (Å²) in [7, 11) is -3.84. The molecule has 0 amide bonds. The summed E-state index contributed by atoms with van der Waals surface area (Å²) >= 11 is 5.87. The molecule has 0 spiro atoms. The second-order valence-corrected chi connectivity index (χ2v) is 6.61. The van der Waals surface area contributed by atoms with Crippen molar-refractivity contribution in [3.8, 4) is 12.3 Å². The lowest BCUT2D eigenvalue weighted by Gasteiger charge is -2.19. The second-order valence-electron chi connectivity index (χ2n) is 4.29. The summed E-state index contributed by atoms with van der Waals surface area (Å²) in [5.74, 6) is 1.52. The third kappa shape index (κ3) is 4.17. The number of nitrogens with zero attached hydrogens (tertiary/aromatic N) is 1. The summed E-state index contributed by atoms with van der Waals surface area (Å²) in [5, 5.41) is 2.91. The fourth-order valence-corrected chi connectivity index (χ4v) is 3.38. The van der Waals surface area contributed by atoms with Gasteiger partial charge in [0.1, 0.15) is 5.82 Å². The van der Waals surface area contributed by atoms with Crippen molar-refractivity contribution in [3.63, 3.8) is 0 Å². The molecule has 0 aliphatic carbocycles. The Morgan fingerprint density at radius 1 is 1.43 bits per heavy atom. The van der Waals surface area contributed by atoms with Gasteiger partial charge in [0.2, 0.25) is 10.0 Å². The molecule has 0 bridgehead atoms. The van der Waals surface area contributed by atoms with Crippen LogP contribution in [0.4, 0.5) is 4.39 Å². The molecule has 0 unspecified atom stereocenters. The molecular weight excluding hydrogens is 315 g/mol. The normalized spacial score (nSPS) is 11.6. The fraction of sp³-hybridized carbons (Fsp3) is 0.429. The summed E-state index contributed by atoms with van der Waals surface area (Å²) < 4.78 is 39.9. The average Bonchev–Trinajstić information content (AvgIpc) is 2.45. The van der Waals surface area contributed by atoms with Crippen molar-refractivity contribution in [2.24, 2.45) is 0 Å². The van der Waals surface area contributed by atoms with Crippen molar-refractivity contribution in [1.82, 2.24) is 9.62 Å². The van der Waals surface area contributed by atoms with E-state index in [1.54, 1.807) is 6.92 Å². The highest BCUT2D eigenvalue weighted by atomic mass is 35.5. The van der Waals surface area contributed by atoms with Crippen LogP contribution in [0.1, 0.15) is 19.4 Å². The number of hydrogen-bond donors (Lipinski definition) is 1. The first kappa shape index (κ1) is 17.9. The molecule has 0 saturated heterocycles. The smallest absolute Gasteiger partial charge is 0.244 e. The molecule has 0 saturated carbocycles. The number of nitrogens with one attached hydrogen (secondary N) is 1. The van der Waals surface area contributed by atoms with Crippen LogP contribution in [0.15, 0.2) is 17.0 Å².